The summed E-state index contributed by atoms with van der Waals surface area (Å²) in [6.45, 7) is 6.21. The standard InChI is InChI=1S/C20H30O4/c1-4-5-6-7-8-9-10-11-16-15(14(2)3)12-13-17(19(21)22)18(16)20(23)24/h12-14H,4-11H2,1-3H3,(H,21,22)(H,23,24). The van der Waals surface area contributed by atoms with Gasteiger partial charge >= 0.3 is 11.9 Å². The first kappa shape index (κ1) is 20.2. The number of carboxylic acids is 2. The zero-order chi connectivity index (χ0) is 18.1. The molecule has 4 heteroatoms. The van der Waals surface area contributed by atoms with Crippen LogP contribution < -0.4 is 0 Å². The van der Waals surface area contributed by atoms with E-state index in [1.807, 2.05) is 13.8 Å². The molecule has 0 atom stereocenters. The molecule has 0 amide bonds. The van der Waals surface area contributed by atoms with E-state index < -0.39 is 11.9 Å². The highest BCUT2D eigenvalue weighted by molar-refractivity contribution is 6.03. The molecule has 0 saturated carbocycles. The summed E-state index contributed by atoms with van der Waals surface area (Å²) >= 11 is 0. The van der Waals surface area contributed by atoms with Crippen LogP contribution in [0, 0.1) is 0 Å². The van der Waals surface area contributed by atoms with Crippen LogP contribution in [-0.2, 0) is 6.42 Å². The van der Waals surface area contributed by atoms with E-state index in [0.29, 0.717) is 12.0 Å². The van der Waals surface area contributed by atoms with Gasteiger partial charge in [-0.15, -0.1) is 0 Å². The van der Waals surface area contributed by atoms with Gasteiger partial charge in [-0.2, -0.15) is 0 Å². The molecule has 0 saturated heterocycles. The molecule has 0 unspecified atom stereocenters. The number of hydrogen-bond donors (Lipinski definition) is 2. The smallest absolute Gasteiger partial charge is 0.336 e. The Bertz CT molecular complexity index is 561. The van der Waals surface area contributed by atoms with Gasteiger partial charge < -0.3 is 10.2 Å². The number of aromatic carboxylic acids is 2. The van der Waals surface area contributed by atoms with E-state index in [0.717, 1.165) is 24.8 Å². The Morgan fingerprint density at radius 1 is 0.917 bits per heavy atom. The van der Waals surface area contributed by atoms with E-state index in [-0.39, 0.29) is 17.0 Å². The van der Waals surface area contributed by atoms with Crippen LogP contribution >= 0.6 is 0 Å². The Balaban J connectivity index is 2.91. The van der Waals surface area contributed by atoms with E-state index >= 15 is 0 Å². The maximum Gasteiger partial charge on any atom is 0.336 e. The van der Waals surface area contributed by atoms with Crippen LogP contribution in [0.4, 0.5) is 0 Å². The summed E-state index contributed by atoms with van der Waals surface area (Å²) in [5.74, 6) is -2.15. The summed E-state index contributed by atoms with van der Waals surface area (Å²) in [5.41, 5.74) is 1.51. The van der Waals surface area contributed by atoms with E-state index in [4.69, 9.17) is 0 Å². The topological polar surface area (TPSA) is 74.6 Å². The quantitative estimate of drug-likeness (QED) is 0.524. The van der Waals surface area contributed by atoms with Gasteiger partial charge in [-0.1, -0.05) is 65.4 Å². The van der Waals surface area contributed by atoms with Crippen molar-refractivity contribution >= 4 is 11.9 Å². The maximum atomic E-state index is 11.7. The Morgan fingerprint density at radius 3 is 2.00 bits per heavy atom. The maximum absolute atomic E-state index is 11.7. The minimum Gasteiger partial charge on any atom is -0.478 e. The Hall–Kier alpha value is -1.84. The monoisotopic (exact) mass is 334 g/mol. The van der Waals surface area contributed by atoms with Crippen LogP contribution in [0.25, 0.3) is 0 Å². The molecule has 0 fully saturated rings. The van der Waals surface area contributed by atoms with Crippen molar-refractivity contribution < 1.29 is 19.8 Å². The number of rotatable bonds is 11. The second-order valence-electron chi connectivity index (χ2n) is 6.69. The summed E-state index contributed by atoms with van der Waals surface area (Å²) in [5, 5.41) is 18.8. The van der Waals surface area contributed by atoms with Gasteiger partial charge in [0.2, 0.25) is 0 Å². The molecule has 2 N–H and O–H groups in total. The average molecular weight is 334 g/mol. The fraction of sp³-hybridized carbons (Fsp3) is 0.600. The van der Waals surface area contributed by atoms with Crippen LogP contribution in [0.2, 0.25) is 0 Å². The lowest BCUT2D eigenvalue weighted by Gasteiger charge is -2.17. The third-order valence-electron chi connectivity index (χ3n) is 4.45. The highest BCUT2D eigenvalue weighted by Gasteiger charge is 2.23. The molecule has 1 aromatic rings. The Labute approximate surface area is 144 Å². The van der Waals surface area contributed by atoms with Crippen LogP contribution in [0.3, 0.4) is 0 Å². The number of carboxylic acid groups (broad SMARTS) is 2. The highest BCUT2D eigenvalue weighted by Crippen LogP contribution is 2.28. The number of unbranched alkanes of at least 4 members (excludes halogenated alkanes) is 6. The van der Waals surface area contributed by atoms with Gasteiger partial charge in [0.1, 0.15) is 0 Å². The van der Waals surface area contributed by atoms with Crippen LogP contribution in [0.15, 0.2) is 12.1 Å². The van der Waals surface area contributed by atoms with Crippen molar-refractivity contribution in [1.82, 2.24) is 0 Å². The molecule has 0 aliphatic carbocycles. The molecule has 0 heterocycles. The van der Waals surface area contributed by atoms with Crippen molar-refractivity contribution in [1.29, 1.82) is 0 Å². The van der Waals surface area contributed by atoms with E-state index in [1.165, 1.54) is 31.7 Å². The average Bonchev–Trinajstić information content (AvgIpc) is 2.52. The second kappa shape index (κ2) is 10.1. The molecule has 0 spiro atoms. The molecule has 4 nitrogen and oxygen atoms in total. The molecule has 0 aliphatic rings. The first-order chi connectivity index (χ1) is 11.4. The zero-order valence-electron chi connectivity index (χ0n) is 15.1. The third-order valence-corrected chi connectivity index (χ3v) is 4.45. The third kappa shape index (κ3) is 5.66. The Morgan fingerprint density at radius 2 is 1.50 bits per heavy atom. The summed E-state index contributed by atoms with van der Waals surface area (Å²) < 4.78 is 0. The minimum absolute atomic E-state index is 0.0281. The molecule has 1 aromatic carbocycles. The molecular weight excluding hydrogens is 304 g/mol. The van der Waals surface area contributed by atoms with Gasteiger partial charge in [-0.25, -0.2) is 9.59 Å². The summed E-state index contributed by atoms with van der Waals surface area (Å²) in [6.07, 6.45) is 8.69. The summed E-state index contributed by atoms with van der Waals surface area (Å²) in [6, 6.07) is 3.20. The van der Waals surface area contributed by atoms with E-state index in [1.54, 1.807) is 6.07 Å². The molecule has 0 radical (unpaired) electrons. The van der Waals surface area contributed by atoms with Gasteiger partial charge in [-0.05, 0) is 36.0 Å². The van der Waals surface area contributed by atoms with Gasteiger partial charge in [0.05, 0.1) is 11.1 Å². The first-order valence-electron chi connectivity index (χ1n) is 9.02. The first-order valence-corrected chi connectivity index (χ1v) is 9.02. The molecule has 0 bridgehead atoms. The van der Waals surface area contributed by atoms with Crippen molar-refractivity contribution in [3.05, 3.63) is 34.4 Å². The van der Waals surface area contributed by atoms with E-state index in [2.05, 4.69) is 6.92 Å². The fourth-order valence-electron chi connectivity index (χ4n) is 3.16. The van der Waals surface area contributed by atoms with Crippen molar-refractivity contribution in [3.63, 3.8) is 0 Å². The van der Waals surface area contributed by atoms with Gasteiger partial charge in [0.25, 0.3) is 0 Å². The Kier molecular flexibility index (Phi) is 8.51. The van der Waals surface area contributed by atoms with Gasteiger partial charge in [0, 0.05) is 0 Å². The molecule has 24 heavy (non-hydrogen) atoms. The molecule has 134 valence electrons. The van der Waals surface area contributed by atoms with Crippen LogP contribution in [0.5, 0.6) is 0 Å². The summed E-state index contributed by atoms with van der Waals surface area (Å²) in [4.78, 5) is 23.0. The van der Waals surface area contributed by atoms with Crippen molar-refractivity contribution in [2.24, 2.45) is 0 Å². The second-order valence-corrected chi connectivity index (χ2v) is 6.69. The van der Waals surface area contributed by atoms with Crippen molar-refractivity contribution in [3.8, 4) is 0 Å². The molecule has 1 rings (SSSR count). The minimum atomic E-state index is -1.18. The normalized spacial score (nSPS) is 11.0. The van der Waals surface area contributed by atoms with E-state index in [9.17, 15) is 19.8 Å². The van der Waals surface area contributed by atoms with Crippen LogP contribution in [0.1, 0.15) is 103 Å². The highest BCUT2D eigenvalue weighted by atomic mass is 16.4. The molecule has 0 aromatic heterocycles. The van der Waals surface area contributed by atoms with Gasteiger partial charge in [-0.3, -0.25) is 0 Å². The predicted molar refractivity (Wildman–Crippen MR) is 96.1 cm³/mol. The largest absolute Gasteiger partial charge is 0.478 e. The molecular formula is C20H30O4. The van der Waals surface area contributed by atoms with Crippen LogP contribution in [-0.4, -0.2) is 22.2 Å². The number of benzene rings is 1. The van der Waals surface area contributed by atoms with Gasteiger partial charge in [0.15, 0.2) is 0 Å². The predicted octanol–water partition coefficient (Wildman–Crippen LogP) is 5.50. The summed E-state index contributed by atoms with van der Waals surface area (Å²) in [7, 11) is 0. The van der Waals surface area contributed by atoms with Crippen molar-refractivity contribution in [2.75, 3.05) is 0 Å². The number of hydrogen-bond acceptors (Lipinski definition) is 2. The lowest BCUT2D eigenvalue weighted by molar-refractivity contribution is 0.0650. The molecule has 0 aliphatic heterocycles. The SMILES string of the molecule is CCCCCCCCCc1c(C(C)C)ccc(C(=O)O)c1C(=O)O. The lowest BCUT2D eigenvalue weighted by atomic mass is 9.87. The lowest BCUT2D eigenvalue weighted by Crippen LogP contribution is -2.14. The number of carbonyl (C=O) groups is 2. The fourth-order valence-corrected chi connectivity index (χ4v) is 3.16. The zero-order valence-corrected chi connectivity index (χ0v) is 15.1. The van der Waals surface area contributed by atoms with Crippen molar-refractivity contribution in [2.45, 2.75) is 78.1 Å².